The molecule has 0 saturated carbocycles. The zero-order valence-corrected chi connectivity index (χ0v) is 14.4. The lowest BCUT2D eigenvalue weighted by atomic mass is 10.2. The van der Waals surface area contributed by atoms with Gasteiger partial charge in [0, 0.05) is 24.1 Å². The van der Waals surface area contributed by atoms with Crippen molar-refractivity contribution in [1.82, 2.24) is 5.32 Å². The third-order valence-electron chi connectivity index (χ3n) is 3.73. The highest BCUT2D eigenvalue weighted by Crippen LogP contribution is 2.29. The maximum atomic E-state index is 12.1. The molecule has 25 heavy (non-hydrogen) atoms. The Bertz CT molecular complexity index is 787. The van der Waals surface area contributed by atoms with E-state index < -0.39 is 5.91 Å². The molecule has 1 amide bonds. The Balaban J connectivity index is 1.61. The summed E-state index contributed by atoms with van der Waals surface area (Å²) < 4.78 is 11.1. The van der Waals surface area contributed by atoms with Gasteiger partial charge in [-0.2, -0.15) is 5.26 Å². The number of nitrogens with one attached hydrogen (secondary N) is 1. The summed E-state index contributed by atoms with van der Waals surface area (Å²) in [5.41, 5.74) is 0.0172. The van der Waals surface area contributed by atoms with Crippen molar-refractivity contribution in [2.45, 2.75) is 28.9 Å². The zero-order chi connectivity index (χ0) is 17.5. The number of nitriles is 1. The molecule has 2 aromatic rings. The van der Waals surface area contributed by atoms with Crippen LogP contribution in [-0.2, 0) is 9.53 Å². The summed E-state index contributed by atoms with van der Waals surface area (Å²) in [6, 6.07) is 15.3. The van der Waals surface area contributed by atoms with Crippen LogP contribution in [-0.4, -0.2) is 25.2 Å². The Hall–Kier alpha value is -2.49. The lowest BCUT2D eigenvalue weighted by molar-refractivity contribution is -0.117. The summed E-state index contributed by atoms with van der Waals surface area (Å²) in [5.74, 6) is 0.0638. The van der Waals surface area contributed by atoms with Gasteiger partial charge in [0.15, 0.2) is 5.09 Å². The van der Waals surface area contributed by atoms with Crippen molar-refractivity contribution in [1.29, 1.82) is 5.26 Å². The van der Waals surface area contributed by atoms with Crippen molar-refractivity contribution >= 4 is 23.7 Å². The number of benzene rings is 1. The SMILES string of the molecule is N#C/C(=C\c1ccc(Sc2ccccc2)o1)C(=O)NC[C@@H]1CCCO1. The van der Waals surface area contributed by atoms with Crippen molar-refractivity contribution in [2.75, 3.05) is 13.2 Å². The fourth-order valence-corrected chi connectivity index (χ4v) is 3.27. The highest BCUT2D eigenvalue weighted by atomic mass is 32.2. The second-order valence-corrected chi connectivity index (χ2v) is 6.66. The van der Waals surface area contributed by atoms with Crippen LogP contribution in [0.4, 0.5) is 0 Å². The van der Waals surface area contributed by atoms with Crippen LogP contribution < -0.4 is 5.32 Å². The second-order valence-electron chi connectivity index (χ2n) is 5.59. The first-order chi connectivity index (χ1) is 12.2. The van der Waals surface area contributed by atoms with Gasteiger partial charge in [-0.3, -0.25) is 4.79 Å². The molecule has 1 N–H and O–H groups in total. The van der Waals surface area contributed by atoms with Gasteiger partial charge in [-0.05, 0) is 37.1 Å². The molecule has 1 aliphatic rings. The van der Waals surface area contributed by atoms with Crippen LogP contribution >= 0.6 is 11.8 Å². The second kappa shape index (κ2) is 8.56. The summed E-state index contributed by atoms with van der Waals surface area (Å²) in [7, 11) is 0. The van der Waals surface area contributed by atoms with E-state index in [1.165, 1.54) is 17.8 Å². The smallest absolute Gasteiger partial charge is 0.262 e. The largest absolute Gasteiger partial charge is 0.450 e. The number of nitrogens with zero attached hydrogens (tertiary/aromatic N) is 1. The minimum absolute atomic E-state index is 0.0172. The van der Waals surface area contributed by atoms with Crippen molar-refractivity contribution in [3.63, 3.8) is 0 Å². The first-order valence-corrected chi connectivity index (χ1v) is 8.90. The molecule has 1 aliphatic heterocycles. The first-order valence-electron chi connectivity index (χ1n) is 8.09. The molecular formula is C19H18N2O3S. The van der Waals surface area contributed by atoms with E-state index in [1.54, 1.807) is 6.07 Å². The van der Waals surface area contributed by atoms with Gasteiger partial charge < -0.3 is 14.5 Å². The first kappa shape index (κ1) is 17.3. The van der Waals surface area contributed by atoms with E-state index in [0.29, 0.717) is 17.4 Å². The summed E-state index contributed by atoms with van der Waals surface area (Å²) in [6.07, 6.45) is 3.45. The fourth-order valence-electron chi connectivity index (χ4n) is 2.47. The van der Waals surface area contributed by atoms with Gasteiger partial charge in [-0.1, -0.05) is 30.0 Å². The zero-order valence-electron chi connectivity index (χ0n) is 13.6. The number of hydrogen-bond donors (Lipinski definition) is 1. The number of furan rings is 1. The molecule has 0 radical (unpaired) electrons. The average molecular weight is 354 g/mol. The molecule has 1 atom stereocenters. The number of rotatable bonds is 6. The molecule has 1 fully saturated rings. The molecule has 2 heterocycles. The third-order valence-corrected chi connectivity index (χ3v) is 4.66. The quantitative estimate of drug-likeness (QED) is 0.633. The van der Waals surface area contributed by atoms with Crippen LogP contribution in [0.25, 0.3) is 6.08 Å². The molecule has 5 nitrogen and oxygen atoms in total. The minimum Gasteiger partial charge on any atom is -0.450 e. The molecule has 128 valence electrons. The van der Waals surface area contributed by atoms with Crippen LogP contribution in [0, 0.1) is 11.3 Å². The van der Waals surface area contributed by atoms with Crippen molar-refractivity contribution < 1.29 is 13.9 Å². The maximum absolute atomic E-state index is 12.1. The normalized spacial score (nSPS) is 17.2. The predicted molar refractivity (Wildman–Crippen MR) is 94.8 cm³/mol. The van der Waals surface area contributed by atoms with Crippen molar-refractivity contribution in [3.05, 3.63) is 53.8 Å². The van der Waals surface area contributed by atoms with Gasteiger partial charge in [0.25, 0.3) is 5.91 Å². The molecule has 1 saturated heterocycles. The number of amides is 1. The molecule has 0 aliphatic carbocycles. The topological polar surface area (TPSA) is 75.3 Å². The summed E-state index contributed by atoms with van der Waals surface area (Å²) in [5, 5.41) is 12.7. The summed E-state index contributed by atoms with van der Waals surface area (Å²) >= 11 is 1.48. The van der Waals surface area contributed by atoms with Crippen LogP contribution in [0.5, 0.6) is 0 Å². The summed E-state index contributed by atoms with van der Waals surface area (Å²) in [4.78, 5) is 13.2. The maximum Gasteiger partial charge on any atom is 0.262 e. The molecular weight excluding hydrogens is 336 g/mol. The van der Waals surface area contributed by atoms with Gasteiger partial charge in [-0.25, -0.2) is 0 Å². The Kier molecular flexibility index (Phi) is 5.94. The molecule has 6 heteroatoms. The van der Waals surface area contributed by atoms with E-state index in [4.69, 9.17) is 9.15 Å². The highest BCUT2D eigenvalue weighted by Gasteiger charge is 2.18. The molecule has 0 unspecified atom stereocenters. The Morgan fingerprint density at radius 3 is 2.88 bits per heavy atom. The lowest BCUT2D eigenvalue weighted by Crippen LogP contribution is -2.32. The van der Waals surface area contributed by atoms with Crippen LogP contribution in [0.15, 0.2) is 62.4 Å². The molecule has 0 bridgehead atoms. The van der Waals surface area contributed by atoms with Gasteiger partial charge in [-0.15, -0.1) is 0 Å². The van der Waals surface area contributed by atoms with E-state index in [-0.39, 0.29) is 11.7 Å². The van der Waals surface area contributed by atoms with E-state index in [1.807, 2.05) is 42.5 Å². The van der Waals surface area contributed by atoms with Gasteiger partial charge in [0.1, 0.15) is 17.4 Å². The highest BCUT2D eigenvalue weighted by molar-refractivity contribution is 7.99. The van der Waals surface area contributed by atoms with Gasteiger partial charge >= 0.3 is 0 Å². The number of carbonyl (C=O) groups excluding carboxylic acids is 1. The van der Waals surface area contributed by atoms with E-state index >= 15 is 0 Å². The Morgan fingerprint density at radius 2 is 2.16 bits per heavy atom. The summed E-state index contributed by atoms with van der Waals surface area (Å²) in [6.45, 7) is 1.15. The van der Waals surface area contributed by atoms with Crippen LogP contribution in [0.2, 0.25) is 0 Å². The van der Waals surface area contributed by atoms with E-state index in [2.05, 4.69) is 5.32 Å². The van der Waals surface area contributed by atoms with Crippen LogP contribution in [0.1, 0.15) is 18.6 Å². The Morgan fingerprint density at radius 1 is 1.32 bits per heavy atom. The Labute approximate surface area is 150 Å². The van der Waals surface area contributed by atoms with Gasteiger partial charge in [0.05, 0.1) is 6.10 Å². The molecule has 0 spiro atoms. The predicted octanol–water partition coefficient (Wildman–Crippen LogP) is 3.63. The van der Waals surface area contributed by atoms with Crippen LogP contribution in [0.3, 0.4) is 0 Å². The molecule has 1 aromatic heterocycles. The number of ether oxygens (including phenoxy) is 1. The molecule has 3 rings (SSSR count). The third kappa shape index (κ3) is 4.99. The minimum atomic E-state index is -0.410. The monoisotopic (exact) mass is 354 g/mol. The number of hydrogen-bond acceptors (Lipinski definition) is 5. The van der Waals surface area contributed by atoms with Gasteiger partial charge in [0.2, 0.25) is 0 Å². The average Bonchev–Trinajstić information content (AvgIpc) is 3.30. The lowest BCUT2D eigenvalue weighted by Gasteiger charge is -2.09. The fraction of sp³-hybridized carbons (Fsp3) is 0.263. The van der Waals surface area contributed by atoms with E-state index in [9.17, 15) is 10.1 Å². The van der Waals surface area contributed by atoms with Crippen molar-refractivity contribution in [2.24, 2.45) is 0 Å². The molecule has 1 aromatic carbocycles. The van der Waals surface area contributed by atoms with E-state index in [0.717, 1.165) is 24.3 Å². The number of carbonyl (C=O) groups is 1. The van der Waals surface area contributed by atoms with Crippen molar-refractivity contribution in [3.8, 4) is 6.07 Å². The standard InChI is InChI=1S/C19H18N2O3S/c20-12-14(19(22)21-13-16-5-4-10-23-16)11-15-8-9-18(24-15)25-17-6-2-1-3-7-17/h1-3,6-9,11,16H,4-5,10,13H2,(H,21,22)/b14-11+/t16-/m0/s1.